The number of amides is 1. The number of para-hydroxylation sites is 1. The van der Waals surface area contributed by atoms with Crippen molar-refractivity contribution in [3.63, 3.8) is 0 Å². The molecule has 1 aliphatic carbocycles. The fourth-order valence-corrected chi connectivity index (χ4v) is 1.95. The fraction of sp³-hybridized carbons (Fsp3) is 0.385. The maximum atomic E-state index is 12.1. The first-order valence-corrected chi connectivity index (χ1v) is 5.78. The average Bonchev–Trinajstić information content (AvgIpc) is 2.35. The summed E-state index contributed by atoms with van der Waals surface area (Å²) in [5.41, 5.74) is 5.90. The molecule has 1 aromatic rings. The second-order valence-corrected chi connectivity index (χ2v) is 4.46. The van der Waals surface area contributed by atoms with Gasteiger partial charge in [-0.3, -0.25) is 4.79 Å². The van der Waals surface area contributed by atoms with Gasteiger partial charge in [-0.2, -0.15) is 5.26 Å². The minimum Gasteiger partial charge on any atom is -0.495 e. The molecule has 1 aliphatic rings. The third kappa shape index (κ3) is 2.03. The second kappa shape index (κ2) is 4.67. The van der Waals surface area contributed by atoms with E-state index >= 15 is 0 Å². The maximum absolute atomic E-state index is 12.1. The molecule has 1 amide bonds. The Balaban J connectivity index is 2.28. The van der Waals surface area contributed by atoms with E-state index in [9.17, 15) is 4.79 Å². The number of ether oxygens (including phenoxy) is 1. The normalized spacial score (nSPS) is 16.3. The van der Waals surface area contributed by atoms with Gasteiger partial charge < -0.3 is 15.8 Å². The number of carbonyl (C=O) groups excluding carboxylic acids is 1. The SMILES string of the molecule is COc1cccc(C#N)c1NC(=O)C1(N)CCC1. The van der Waals surface area contributed by atoms with Crippen LogP contribution in [0.4, 0.5) is 5.69 Å². The van der Waals surface area contributed by atoms with Crippen molar-refractivity contribution in [1.29, 1.82) is 5.26 Å². The number of hydrogen-bond acceptors (Lipinski definition) is 4. The zero-order valence-electron chi connectivity index (χ0n) is 10.2. The first-order chi connectivity index (χ1) is 8.60. The number of nitrogens with one attached hydrogen (secondary N) is 1. The van der Waals surface area contributed by atoms with Gasteiger partial charge in [-0.25, -0.2) is 0 Å². The zero-order valence-corrected chi connectivity index (χ0v) is 10.2. The predicted octanol–water partition coefficient (Wildman–Crippen LogP) is 1.39. The number of nitrogens with two attached hydrogens (primary N) is 1. The Kier molecular flexibility index (Phi) is 3.21. The molecular weight excluding hydrogens is 230 g/mol. The molecule has 1 aromatic carbocycles. The van der Waals surface area contributed by atoms with E-state index in [0.29, 0.717) is 29.8 Å². The van der Waals surface area contributed by atoms with Gasteiger partial charge in [0.15, 0.2) is 0 Å². The number of rotatable bonds is 3. The van der Waals surface area contributed by atoms with E-state index in [1.54, 1.807) is 18.2 Å². The lowest BCUT2D eigenvalue weighted by Gasteiger charge is -2.36. The van der Waals surface area contributed by atoms with Gasteiger partial charge in [0.05, 0.1) is 18.2 Å². The van der Waals surface area contributed by atoms with Crippen LogP contribution in [0.3, 0.4) is 0 Å². The lowest BCUT2D eigenvalue weighted by Crippen LogP contribution is -2.56. The highest BCUT2D eigenvalue weighted by Gasteiger charge is 2.40. The molecule has 0 atom stereocenters. The summed E-state index contributed by atoms with van der Waals surface area (Å²) in [5, 5.41) is 11.7. The third-order valence-electron chi connectivity index (χ3n) is 3.30. The van der Waals surface area contributed by atoms with Crippen LogP contribution >= 0.6 is 0 Å². The molecule has 1 saturated carbocycles. The molecule has 18 heavy (non-hydrogen) atoms. The Morgan fingerprint density at radius 3 is 2.78 bits per heavy atom. The lowest BCUT2D eigenvalue weighted by molar-refractivity contribution is -0.123. The van der Waals surface area contributed by atoms with Crippen molar-refractivity contribution in [3.8, 4) is 11.8 Å². The first kappa shape index (κ1) is 12.4. The molecule has 1 fully saturated rings. The second-order valence-electron chi connectivity index (χ2n) is 4.46. The Morgan fingerprint density at radius 2 is 2.28 bits per heavy atom. The number of nitriles is 1. The predicted molar refractivity (Wildman–Crippen MR) is 67.1 cm³/mol. The molecule has 0 aromatic heterocycles. The van der Waals surface area contributed by atoms with E-state index in [4.69, 9.17) is 15.7 Å². The zero-order chi connectivity index (χ0) is 13.2. The first-order valence-electron chi connectivity index (χ1n) is 5.78. The third-order valence-corrected chi connectivity index (χ3v) is 3.30. The van der Waals surface area contributed by atoms with Gasteiger partial charge in [0.25, 0.3) is 0 Å². The van der Waals surface area contributed by atoms with Gasteiger partial charge in [-0.05, 0) is 31.4 Å². The van der Waals surface area contributed by atoms with Gasteiger partial charge in [-0.1, -0.05) is 6.07 Å². The van der Waals surface area contributed by atoms with Crippen LogP contribution in [0, 0.1) is 11.3 Å². The van der Waals surface area contributed by atoms with E-state index in [2.05, 4.69) is 5.32 Å². The molecule has 0 unspecified atom stereocenters. The van der Waals surface area contributed by atoms with Crippen molar-refractivity contribution < 1.29 is 9.53 Å². The molecule has 0 spiro atoms. The Hall–Kier alpha value is -2.06. The van der Waals surface area contributed by atoms with Crippen LogP contribution in [-0.2, 0) is 4.79 Å². The van der Waals surface area contributed by atoms with E-state index in [-0.39, 0.29) is 5.91 Å². The minimum absolute atomic E-state index is 0.255. The van der Waals surface area contributed by atoms with Gasteiger partial charge >= 0.3 is 0 Å². The van der Waals surface area contributed by atoms with Crippen molar-refractivity contribution in [3.05, 3.63) is 23.8 Å². The monoisotopic (exact) mass is 245 g/mol. The Bertz CT molecular complexity index is 515. The standard InChI is InChI=1S/C13H15N3O2/c1-18-10-5-2-4-9(8-14)11(10)16-12(17)13(15)6-3-7-13/h2,4-5H,3,6-7,15H2,1H3,(H,16,17). The highest BCUT2D eigenvalue weighted by atomic mass is 16.5. The largest absolute Gasteiger partial charge is 0.495 e. The average molecular weight is 245 g/mol. The quantitative estimate of drug-likeness (QED) is 0.842. The van der Waals surface area contributed by atoms with E-state index in [1.807, 2.05) is 6.07 Å². The number of nitrogens with zero attached hydrogens (tertiary/aromatic N) is 1. The van der Waals surface area contributed by atoms with Crippen molar-refractivity contribution in [2.24, 2.45) is 5.73 Å². The molecule has 0 radical (unpaired) electrons. The summed E-state index contributed by atoms with van der Waals surface area (Å²) in [7, 11) is 1.49. The maximum Gasteiger partial charge on any atom is 0.244 e. The summed E-state index contributed by atoms with van der Waals surface area (Å²) in [4.78, 5) is 12.1. The summed E-state index contributed by atoms with van der Waals surface area (Å²) < 4.78 is 5.15. The smallest absolute Gasteiger partial charge is 0.244 e. The van der Waals surface area contributed by atoms with Gasteiger partial charge in [-0.15, -0.1) is 0 Å². The highest BCUT2D eigenvalue weighted by Crippen LogP contribution is 2.33. The molecule has 0 heterocycles. The van der Waals surface area contributed by atoms with Crippen molar-refractivity contribution in [2.45, 2.75) is 24.8 Å². The lowest BCUT2D eigenvalue weighted by atomic mass is 9.77. The van der Waals surface area contributed by atoms with Crippen LogP contribution in [0.1, 0.15) is 24.8 Å². The fourth-order valence-electron chi connectivity index (χ4n) is 1.95. The van der Waals surface area contributed by atoms with Crippen molar-refractivity contribution in [2.75, 3.05) is 12.4 Å². The molecule has 0 aliphatic heterocycles. The molecule has 0 saturated heterocycles. The Labute approximate surface area is 106 Å². The number of hydrogen-bond donors (Lipinski definition) is 2. The van der Waals surface area contributed by atoms with E-state index in [1.165, 1.54) is 7.11 Å². The van der Waals surface area contributed by atoms with Crippen LogP contribution in [0.2, 0.25) is 0 Å². The number of anilines is 1. The van der Waals surface area contributed by atoms with Crippen LogP contribution in [0.15, 0.2) is 18.2 Å². The molecule has 94 valence electrons. The molecular formula is C13H15N3O2. The molecule has 0 bridgehead atoms. The molecule has 3 N–H and O–H groups in total. The summed E-state index contributed by atoms with van der Waals surface area (Å²) in [6.45, 7) is 0. The highest BCUT2D eigenvalue weighted by molar-refractivity contribution is 6.00. The summed E-state index contributed by atoms with van der Waals surface area (Å²) >= 11 is 0. The van der Waals surface area contributed by atoms with Crippen LogP contribution in [0.25, 0.3) is 0 Å². The Morgan fingerprint density at radius 1 is 1.56 bits per heavy atom. The van der Waals surface area contributed by atoms with Crippen LogP contribution in [0.5, 0.6) is 5.75 Å². The molecule has 5 nitrogen and oxygen atoms in total. The molecule has 5 heteroatoms. The number of carbonyl (C=O) groups is 1. The van der Waals surface area contributed by atoms with E-state index < -0.39 is 5.54 Å². The summed E-state index contributed by atoms with van der Waals surface area (Å²) in [6, 6.07) is 7.05. The van der Waals surface area contributed by atoms with Crippen LogP contribution in [-0.4, -0.2) is 18.6 Å². The van der Waals surface area contributed by atoms with Crippen molar-refractivity contribution >= 4 is 11.6 Å². The summed E-state index contributed by atoms with van der Waals surface area (Å²) in [6.07, 6.45) is 2.31. The van der Waals surface area contributed by atoms with Crippen LogP contribution < -0.4 is 15.8 Å². The summed E-state index contributed by atoms with van der Waals surface area (Å²) in [5.74, 6) is 0.208. The topological polar surface area (TPSA) is 88.1 Å². The molecule has 2 rings (SSSR count). The minimum atomic E-state index is -0.798. The number of methoxy groups -OCH3 is 1. The van der Waals surface area contributed by atoms with Gasteiger partial charge in [0, 0.05) is 0 Å². The van der Waals surface area contributed by atoms with E-state index in [0.717, 1.165) is 6.42 Å². The van der Waals surface area contributed by atoms with Gasteiger partial charge in [0.2, 0.25) is 5.91 Å². The number of benzene rings is 1. The van der Waals surface area contributed by atoms with Gasteiger partial charge in [0.1, 0.15) is 17.5 Å². The van der Waals surface area contributed by atoms with Crippen molar-refractivity contribution in [1.82, 2.24) is 0 Å².